The van der Waals surface area contributed by atoms with Crippen LogP contribution in [0.1, 0.15) is 27.0 Å². The van der Waals surface area contributed by atoms with Crippen molar-refractivity contribution in [3.63, 3.8) is 0 Å². The van der Waals surface area contributed by atoms with E-state index in [9.17, 15) is 25.0 Å². The van der Waals surface area contributed by atoms with Crippen LogP contribution >= 0.6 is 15.9 Å². The average Bonchev–Trinajstić information content (AvgIpc) is 2.80. The number of aryl methyl sites for hydroxylation is 2. The molecule has 0 bridgehead atoms. The number of halogens is 1. The molecule has 0 saturated carbocycles. The number of hydrogen-bond donors (Lipinski definition) is 1. The summed E-state index contributed by atoms with van der Waals surface area (Å²) in [4.78, 5) is 35.8. The van der Waals surface area contributed by atoms with Crippen LogP contribution in [0.3, 0.4) is 0 Å². The first-order valence-electron chi connectivity index (χ1n) is 9.94. The number of carbonyl (C=O) groups excluding carboxylic acids is 2. The van der Waals surface area contributed by atoms with E-state index in [4.69, 9.17) is 4.74 Å². The van der Waals surface area contributed by atoms with Crippen molar-refractivity contribution < 1.29 is 19.2 Å². The number of non-ortho nitro benzene ring substituents is 1. The lowest BCUT2D eigenvalue weighted by molar-refractivity contribution is -0.384. The molecule has 0 aromatic heterocycles. The topological polar surface area (TPSA) is 122 Å². The maximum Gasteiger partial charge on any atom is 0.343 e. The number of carbonyl (C=O) groups is 2. The van der Waals surface area contributed by atoms with E-state index >= 15 is 0 Å². The molecule has 1 N–H and O–H groups in total. The monoisotopic (exact) mass is 519 g/mol. The number of esters is 1. The van der Waals surface area contributed by atoms with Gasteiger partial charge in [-0.05, 0) is 55.8 Å². The lowest BCUT2D eigenvalue weighted by Crippen LogP contribution is -2.15. The third-order valence-corrected chi connectivity index (χ3v) is 5.30. The van der Waals surface area contributed by atoms with Crippen molar-refractivity contribution in [2.75, 3.05) is 5.32 Å². The van der Waals surface area contributed by atoms with Gasteiger partial charge in [0.05, 0.1) is 16.2 Å². The summed E-state index contributed by atoms with van der Waals surface area (Å²) in [5.41, 5.74) is 1.98. The van der Waals surface area contributed by atoms with Gasteiger partial charge >= 0.3 is 5.97 Å². The largest absolute Gasteiger partial charge is 0.422 e. The number of nitrogens with zero attached hydrogens (tertiary/aromatic N) is 2. The Morgan fingerprint density at radius 2 is 1.79 bits per heavy atom. The lowest BCUT2D eigenvalue weighted by atomic mass is 10.1. The molecule has 170 valence electrons. The Balaban J connectivity index is 1.90. The maximum atomic E-state index is 12.8. The molecule has 0 unspecified atom stereocenters. The number of benzene rings is 3. The summed E-state index contributed by atoms with van der Waals surface area (Å²) in [6.07, 6.45) is 1.28. The van der Waals surface area contributed by atoms with Gasteiger partial charge in [0.15, 0.2) is 0 Å². The Labute approximate surface area is 203 Å². The highest BCUT2D eigenvalue weighted by Crippen LogP contribution is 2.27. The molecular weight excluding hydrogens is 502 g/mol. The van der Waals surface area contributed by atoms with E-state index in [2.05, 4.69) is 21.2 Å². The van der Waals surface area contributed by atoms with E-state index in [1.54, 1.807) is 49.4 Å². The molecule has 3 rings (SSSR count). The molecule has 0 aliphatic carbocycles. The Kier molecular flexibility index (Phi) is 7.56. The number of hydrogen-bond acceptors (Lipinski definition) is 6. The standard InChI is InChI=1S/C25H18BrN3O5/c1-15-3-6-17(7-4-15)25(31)34-23-10-8-20(26)12-18(23)11-19(14-27)24(30)28-22-13-21(29(32)33)9-5-16(22)2/h3-13H,1-2H3,(H,28,30)/b19-11+. The molecule has 0 fully saturated rings. The minimum absolute atomic E-state index is 0.154. The molecule has 0 heterocycles. The highest BCUT2D eigenvalue weighted by Gasteiger charge is 2.17. The minimum Gasteiger partial charge on any atom is -0.422 e. The molecule has 8 nitrogen and oxygen atoms in total. The Hall–Kier alpha value is -4.29. The van der Waals surface area contributed by atoms with Gasteiger partial charge in [0, 0.05) is 22.2 Å². The number of nitro groups is 1. The first kappa shape index (κ1) is 24.4. The van der Waals surface area contributed by atoms with Crippen molar-refractivity contribution in [2.24, 2.45) is 0 Å². The Bertz CT molecular complexity index is 1360. The van der Waals surface area contributed by atoms with Crippen LogP contribution in [0.2, 0.25) is 0 Å². The number of nitriles is 1. The molecule has 0 spiro atoms. The first-order valence-corrected chi connectivity index (χ1v) is 10.7. The molecule has 3 aromatic rings. The number of rotatable bonds is 6. The summed E-state index contributed by atoms with van der Waals surface area (Å²) in [6.45, 7) is 3.57. The summed E-state index contributed by atoms with van der Waals surface area (Å²) >= 11 is 3.33. The summed E-state index contributed by atoms with van der Waals surface area (Å²) in [6, 6.07) is 17.5. The fraction of sp³-hybridized carbons (Fsp3) is 0.0800. The summed E-state index contributed by atoms with van der Waals surface area (Å²) in [7, 11) is 0. The van der Waals surface area contributed by atoms with Crippen molar-refractivity contribution in [3.05, 3.63) is 103 Å². The van der Waals surface area contributed by atoms with Gasteiger partial charge in [-0.15, -0.1) is 0 Å². The minimum atomic E-state index is -0.762. The van der Waals surface area contributed by atoms with Crippen LogP contribution in [0, 0.1) is 35.3 Å². The van der Waals surface area contributed by atoms with Crippen molar-refractivity contribution >= 4 is 45.3 Å². The SMILES string of the molecule is Cc1ccc(C(=O)Oc2ccc(Br)cc2/C=C(\C#N)C(=O)Nc2cc([N+](=O)[O-])ccc2C)cc1. The van der Waals surface area contributed by atoms with Gasteiger partial charge in [-0.25, -0.2) is 4.79 Å². The summed E-state index contributed by atoms with van der Waals surface area (Å²) < 4.78 is 6.15. The van der Waals surface area contributed by atoms with E-state index in [1.807, 2.05) is 13.0 Å². The number of nitro benzene ring substituents is 1. The van der Waals surface area contributed by atoms with Gasteiger partial charge in [-0.3, -0.25) is 14.9 Å². The maximum absolute atomic E-state index is 12.8. The fourth-order valence-electron chi connectivity index (χ4n) is 2.93. The number of amides is 1. The Morgan fingerprint density at radius 1 is 1.09 bits per heavy atom. The second-order valence-electron chi connectivity index (χ2n) is 7.32. The lowest BCUT2D eigenvalue weighted by Gasteiger charge is -2.10. The molecular formula is C25H18BrN3O5. The van der Waals surface area contributed by atoms with E-state index in [1.165, 1.54) is 24.3 Å². The number of ether oxygens (including phenoxy) is 1. The van der Waals surface area contributed by atoms with E-state index in [0.29, 0.717) is 21.2 Å². The molecule has 0 aliphatic heterocycles. The highest BCUT2D eigenvalue weighted by atomic mass is 79.9. The summed E-state index contributed by atoms with van der Waals surface area (Å²) in [5, 5.41) is 23.2. The predicted octanol–water partition coefficient (Wildman–Crippen LogP) is 5.74. The van der Waals surface area contributed by atoms with Crippen LogP contribution < -0.4 is 10.1 Å². The molecule has 0 atom stereocenters. The van der Waals surface area contributed by atoms with Crippen LogP contribution in [0.15, 0.2) is 70.7 Å². The van der Waals surface area contributed by atoms with E-state index in [0.717, 1.165) is 5.56 Å². The summed E-state index contributed by atoms with van der Waals surface area (Å²) in [5.74, 6) is -1.20. The van der Waals surface area contributed by atoms with Crippen molar-refractivity contribution in [2.45, 2.75) is 13.8 Å². The van der Waals surface area contributed by atoms with Crippen LogP contribution in [-0.2, 0) is 4.79 Å². The van der Waals surface area contributed by atoms with Gasteiger partial charge in [0.1, 0.15) is 17.4 Å². The molecule has 0 radical (unpaired) electrons. The van der Waals surface area contributed by atoms with Crippen LogP contribution in [0.25, 0.3) is 6.08 Å². The van der Waals surface area contributed by atoms with Crippen molar-refractivity contribution in [1.29, 1.82) is 5.26 Å². The smallest absolute Gasteiger partial charge is 0.343 e. The normalized spacial score (nSPS) is 10.8. The molecule has 34 heavy (non-hydrogen) atoms. The molecule has 0 saturated heterocycles. The number of nitrogens with one attached hydrogen (secondary N) is 1. The Morgan fingerprint density at radius 3 is 2.44 bits per heavy atom. The third-order valence-electron chi connectivity index (χ3n) is 4.81. The predicted molar refractivity (Wildman–Crippen MR) is 130 cm³/mol. The van der Waals surface area contributed by atoms with E-state index in [-0.39, 0.29) is 22.7 Å². The fourth-order valence-corrected chi connectivity index (χ4v) is 3.30. The second kappa shape index (κ2) is 10.6. The van der Waals surface area contributed by atoms with Gasteiger partial charge in [0.2, 0.25) is 0 Å². The van der Waals surface area contributed by atoms with Gasteiger partial charge < -0.3 is 10.1 Å². The van der Waals surface area contributed by atoms with Gasteiger partial charge in [-0.1, -0.05) is 39.7 Å². The molecule has 0 aliphatic rings. The molecule has 9 heteroatoms. The van der Waals surface area contributed by atoms with Gasteiger partial charge in [0.25, 0.3) is 11.6 Å². The zero-order valence-corrected chi connectivity index (χ0v) is 19.8. The third kappa shape index (κ3) is 5.94. The highest BCUT2D eigenvalue weighted by molar-refractivity contribution is 9.10. The second-order valence-corrected chi connectivity index (χ2v) is 8.23. The first-order chi connectivity index (χ1) is 16.2. The number of anilines is 1. The zero-order chi connectivity index (χ0) is 24.8. The van der Waals surface area contributed by atoms with Gasteiger partial charge in [-0.2, -0.15) is 5.26 Å². The zero-order valence-electron chi connectivity index (χ0n) is 18.2. The quantitative estimate of drug-likeness (QED) is 0.110. The van der Waals surface area contributed by atoms with E-state index < -0.39 is 16.8 Å². The van der Waals surface area contributed by atoms with Crippen molar-refractivity contribution in [1.82, 2.24) is 0 Å². The van der Waals surface area contributed by atoms with Crippen molar-refractivity contribution in [3.8, 4) is 11.8 Å². The van der Waals surface area contributed by atoms with Crippen LogP contribution in [0.5, 0.6) is 5.75 Å². The van der Waals surface area contributed by atoms with Crippen LogP contribution in [0.4, 0.5) is 11.4 Å². The van der Waals surface area contributed by atoms with Crippen LogP contribution in [-0.4, -0.2) is 16.8 Å². The average molecular weight is 520 g/mol. The molecule has 3 aromatic carbocycles. The molecule has 1 amide bonds.